The zero-order chi connectivity index (χ0) is 15.0. The maximum absolute atomic E-state index is 13.2. The van der Waals surface area contributed by atoms with Gasteiger partial charge in [0.1, 0.15) is 0 Å². The van der Waals surface area contributed by atoms with E-state index in [1.54, 1.807) is 6.07 Å². The Bertz CT molecular complexity index is 796. The van der Waals surface area contributed by atoms with Crippen LogP contribution >= 0.6 is 0 Å². The highest BCUT2D eigenvalue weighted by Crippen LogP contribution is 2.27. The number of anilines is 1. The number of halogens is 3. The Morgan fingerprint density at radius 1 is 1.10 bits per heavy atom. The van der Waals surface area contributed by atoms with E-state index in [-0.39, 0.29) is 17.3 Å². The molecule has 0 aliphatic heterocycles. The van der Waals surface area contributed by atoms with Crippen molar-refractivity contribution in [2.75, 3.05) is 5.73 Å². The average molecular weight is 292 g/mol. The zero-order valence-corrected chi connectivity index (χ0v) is 10.3. The summed E-state index contributed by atoms with van der Waals surface area (Å²) >= 11 is 0. The summed E-state index contributed by atoms with van der Waals surface area (Å²) in [6, 6.07) is 3.12. The van der Waals surface area contributed by atoms with Crippen molar-refractivity contribution in [3.05, 3.63) is 48.0 Å². The van der Waals surface area contributed by atoms with E-state index >= 15 is 0 Å². The van der Waals surface area contributed by atoms with Crippen LogP contribution < -0.4 is 5.73 Å². The molecule has 3 aromatic rings. The number of pyridine rings is 1. The van der Waals surface area contributed by atoms with Gasteiger partial charge in [-0.25, -0.2) is 13.2 Å². The summed E-state index contributed by atoms with van der Waals surface area (Å²) in [5.74, 6) is -4.24. The van der Waals surface area contributed by atoms with Crippen molar-refractivity contribution in [2.45, 2.75) is 0 Å². The molecule has 2 heterocycles. The summed E-state index contributed by atoms with van der Waals surface area (Å²) < 4.78 is 44.3. The first-order valence-electron chi connectivity index (χ1n) is 5.74. The fourth-order valence-electron chi connectivity index (χ4n) is 1.74. The predicted molar refractivity (Wildman–Crippen MR) is 67.3 cm³/mol. The van der Waals surface area contributed by atoms with Gasteiger partial charge in [0.15, 0.2) is 17.5 Å². The van der Waals surface area contributed by atoms with Crippen LogP contribution in [0.2, 0.25) is 0 Å². The number of aromatic nitrogens is 3. The summed E-state index contributed by atoms with van der Waals surface area (Å²) in [6.45, 7) is 0. The van der Waals surface area contributed by atoms with Crippen LogP contribution in [0, 0.1) is 17.5 Å². The first kappa shape index (κ1) is 13.1. The molecule has 5 nitrogen and oxygen atoms in total. The Balaban J connectivity index is 2.05. The highest BCUT2D eigenvalue weighted by Gasteiger charge is 2.17. The van der Waals surface area contributed by atoms with Crippen molar-refractivity contribution in [1.29, 1.82) is 0 Å². The van der Waals surface area contributed by atoms with Crippen LogP contribution in [0.4, 0.5) is 18.9 Å². The highest BCUT2D eigenvalue weighted by atomic mass is 19.2. The van der Waals surface area contributed by atoms with Gasteiger partial charge in [-0.15, -0.1) is 0 Å². The molecule has 2 aromatic heterocycles. The van der Waals surface area contributed by atoms with Crippen LogP contribution in [0.1, 0.15) is 0 Å². The molecule has 0 unspecified atom stereocenters. The van der Waals surface area contributed by atoms with Gasteiger partial charge in [0, 0.05) is 11.8 Å². The fraction of sp³-hybridized carbons (Fsp3) is 0. The van der Waals surface area contributed by atoms with Gasteiger partial charge in [-0.3, -0.25) is 4.98 Å². The lowest BCUT2D eigenvalue weighted by Gasteiger charge is -1.98. The lowest BCUT2D eigenvalue weighted by atomic mass is 10.2. The SMILES string of the molecule is Nc1cnccc1-c1nc(-c2cc(F)c(F)c(F)c2)no1. The molecule has 0 atom stereocenters. The predicted octanol–water partition coefficient (Wildman–Crippen LogP) is 2.80. The molecule has 106 valence electrons. The third-order valence-electron chi connectivity index (χ3n) is 2.75. The van der Waals surface area contributed by atoms with E-state index in [2.05, 4.69) is 15.1 Å². The summed E-state index contributed by atoms with van der Waals surface area (Å²) in [5, 5.41) is 3.60. The molecule has 0 spiro atoms. The second kappa shape index (κ2) is 4.89. The first-order chi connectivity index (χ1) is 10.1. The first-order valence-corrected chi connectivity index (χ1v) is 5.74. The lowest BCUT2D eigenvalue weighted by molar-refractivity contribution is 0.431. The maximum atomic E-state index is 13.2. The van der Waals surface area contributed by atoms with Gasteiger partial charge in [0.25, 0.3) is 5.89 Å². The number of nitrogens with zero attached hydrogens (tertiary/aromatic N) is 3. The largest absolute Gasteiger partial charge is 0.397 e. The van der Waals surface area contributed by atoms with Crippen LogP contribution in [0.5, 0.6) is 0 Å². The van der Waals surface area contributed by atoms with E-state index in [0.717, 1.165) is 12.1 Å². The molecule has 0 saturated heterocycles. The fourth-order valence-corrected chi connectivity index (χ4v) is 1.74. The van der Waals surface area contributed by atoms with Crippen LogP contribution in [0.3, 0.4) is 0 Å². The van der Waals surface area contributed by atoms with Gasteiger partial charge in [0.05, 0.1) is 17.4 Å². The topological polar surface area (TPSA) is 77.8 Å². The van der Waals surface area contributed by atoms with Gasteiger partial charge in [0.2, 0.25) is 5.82 Å². The van der Waals surface area contributed by atoms with Crippen molar-refractivity contribution in [1.82, 2.24) is 15.1 Å². The Kier molecular flexibility index (Phi) is 3.05. The van der Waals surface area contributed by atoms with Crippen LogP contribution in [0.25, 0.3) is 22.8 Å². The Hall–Kier alpha value is -2.90. The Labute approximate surface area is 116 Å². The number of hydrogen-bond donors (Lipinski definition) is 1. The van der Waals surface area contributed by atoms with E-state index in [1.807, 2.05) is 0 Å². The van der Waals surface area contributed by atoms with Crippen molar-refractivity contribution in [2.24, 2.45) is 0 Å². The third-order valence-corrected chi connectivity index (χ3v) is 2.75. The van der Waals surface area contributed by atoms with Crippen molar-refractivity contribution in [3.63, 3.8) is 0 Å². The van der Waals surface area contributed by atoms with Crippen LogP contribution in [-0.4, -0.2) is 15.1 Å². The number of nitrogens with two attached hydrogens (primary N) is 1. The molecule has 8 heteroatoms. The molecule has 0 amide bonds. The summed E-state index contributed by atoms with van der Waals surface area (Å²) in [5.41, 5.74) is 6.41. The molecule has 0 saturated carbocycles. The molecule has 0 fully saturated rings. The van der Waals surface area contributed by atoms with Gasteiger partial charge in [-0.2, -0.15) is 4.98 Å². The quantitative estimate of drug-likeness (QED) is 0.735. The molecule has 0 radical (unpaired) electrons. The number of rotatable bonds is 2. The Morgan fingerprint density at radius 3 is 2.48 bits per heavy atom. The minimum Gasteiger partial charge on any atom is -0.397 e. The van der Waals surface area contributed by atoms with E-state index in [9.17, 15) is 13.2 Å². The van der Waals surface area contributed by atoms with Crippen LogP contribution in [0.15, 0.2) is 35.1 Å². The molecular weight excluding hydrogens is 285 g/mol. The number of nitrogen functional groups attached to an aromatic ring is 1. The lowest BCUT2D eigenvalue weighted by Crippen LogP contribution is -1.93. The van der Waals surface area contributed by atoms with E-state index < -0.39 is 17.5 Å². The normalized spacial score (nSPS) is 10.8. The van der Waals surface area contributed by atoms with E-state index in [1.165, 1.54) is 12.4 Å². The minimum atomic E-state index is -1.55. The molecule has 1 aromatic carbocycles. The minimum absolute atomic E-state index is 0.0472. The monoisotopic (exact) mass is 292 g/mol. The molecule has 0 aliphatic carbocycles. The molecule has 3 rings (SSSR count). The standard InChI is InChI=1S/C13H7F3N4O/c14-8-3-6(4-9(15)11(8)16)12-19-13(21-20-12)7-1-2-18-5-10(7)17/h1-5H,17H2. The summed E-state index contributed by atoms with van der Waals surface area (Å²) in [6.07, 6.45) is 2.88. The van der Waals surface area contributed by atoms with Gasteiger partial charge < -0.3 is 10.3 Å². The highest BCUT2D eigenvalue weighted by molar-refractivity contribution is 5.70. The number of benzene rings is 1. The van der Waals surface area contributed by atoms with Crippen molar-refractivity contribution in [3.8, 4) is 22.8 Å². The van der Waals surface area contributed by atoms with Crippen molar-refractivity contribution < 1.29 is 17.7 Å². The number of hydrogen-bond acceptors (Lipinski definition) is 5. The summed E-state index contributed by atoms with van der Waals surface area (Å²) in [4.78, 5) is 7.79. The molecule has 21 heavy (non-hydrogen) atoms. The Morgan fingerprint density at radius 2 is 1.81 bits per heavy atom. The van der Waals surface area contributed by atoms with Crippen molar-refractivity contribution >= 4 is 5.69 Å². The van der Waals surface area contributed by atoms with E-state index in [0.29, 0.717) is 11.3 Å². The molecule has 0 aliphatic rings. The van der Waals surface area contributed by atoms with Crippen LogP contribution in [-0.2, 0) is 0 Å². The molecule has 0 bridgehead atoms. The third kappa shape index (κ3) is 2.31. The van der Waals surface area contributed by atoms with Gasteiger partial charge >= 0.3 is 0 Å². The molecule has 2 N–H and O–H groups in total. The smallest absolute Gasteiger partial charge is 0.260 e. The maximum Gasteiger partial charge on any atom is 0.260 e. The second-order valence-electron chi connectivity index (χ2n) is 4.14. The van der Waals surface area contributed by atoms with E-state index in [4.69, 9.17) is 10.3 Å². The van der Waals surface area contributed by atoms with Gasteiger partial charge in [-0.1, -0.05) is 5.16 Å². The summed E-state index contributed by atoms with van der Waals surface area (Å²) in [7, 11) is 0. The zero-order valence-electron chi connectivity index (χ0n) is 10.3. The second-order valence-corrected chi connectivity index (χ2v) is 4.14. The average Bonchev–Trinajstić information content (AvgIpc) is 2.94. The van der Waals surface area contributed by atoms with Gasteiger partial charge in [-0.05, 0) is 18.2 Å². The molecular formula is C13H7F3N4O.